The minimum absolute atomic E-state index is 0.0220. The van der Waals surface area contributed by atoms with E-state index in [0.29, 0.717) is 0 Å². The van der Waals surface area contributed by atoms with Crippen LogP contribution in [-0.4, -0.2) is 42.8 Å². The number of halogens is 1. The van der Waals surface area contributed by atoms with Crippen molar-refractivity contribution in [3.63, 3.8) is 0 Å². The minimum atomic E-state index is -0.147. The number of benzene rings is 1. The SMILES string of the molecule is CNC(CCN1CCCCCC1CO)c1ccccc1F. The van der Waals surface area contributed by atoms with Gasteiger partial charge in [0.1, 0.15) is 5.82 Å². The lowest BCUT2D eigenvalue weighted by molar-refractivity contribution is 0.120. The summed E-state index contributed by atoms with van der Waals surface area (Å²) in [4.78, 5) is 2.37. The molecule has 1 aromatic carbocycles. The van der Waals surface area contributed by atoms with Crippen LogP contribution >= 0.6 is 0 Å². The Morgan fingerprint density at radius 1 is 1.33 bits per heavy atom. The first kappa shape index (κ1) is 16.4. The summed E-state index contributed by atoms with van der Waals surface area (Å²) in [6, 6.07) is 7.26. The quantitative estimate of drug-likeness (QED) is 0.847. The monoisotopic (exact) mass is 294 g/mol. The molecule has 0 aliphatic carbocycles. The van der Waals surface area contributed by atoms with Gasteiger partial charge in [0.05, 0.1) is 6.61 Å². The molecule has 2 atom stereocenters. The van der Waals surface area contributed by atoms with Crippen LogP contribution in [0.2, 0.25) is 0 Å². The molecule has 1 aromatic rings. The van der Waals surface area contributed by atoms with Gasteiger partial charge in [-0.05, 0) is 38.9 Å². The largest absolute Gasteiger partial charge is 0.395 e. The van der Waals surface area contributed by atoms with Crippen molar-refractivity contribution in [3.8, 4) is 0 Å². The van der Waals surface area contributed by atoms with Gasteiger partial charge < -0.3 is 10.4 Å². The zero-order chi connectivity index (χ0) is 15.1. The molecular weight excluding hydrogens is 267 g/mol. The molecule has 4 heteroatoms. The molecular formula is C17H27FN2O. The standard InChI is InChI=1S/C17H27FN2O/c1-19-17(15-8-4-5-9-16(15)18)10-12-20-11-6-2-3-7-14(20)13-21/h4-5,8-9,14,17,19,21H,2-3,6-7,10-13H2,1H3. The summed E-state index contributed by atoms with van der Waals surface area (Å²) >= 11 is 0. The zero-order valence-electron chi connectivity index (χ0n) is 12.9. The van der Waals surface area contributed by atoms with Crippen molar-refractivity contribution < 1.29 is 9.50 Å². The van der Waals surface area contributed by atoms with Crippen molar-refractivity contribution in [2.45, 2.75) is 44.2 Å². The highest BCUT2D eigenvalue weighted by molar-refractivity contribution is 5.21. The van der Waals surface area contributed by atoms with Crippen LogP contribution in [0, 0.1) is 5.82 Å². The predicted octanol–water partition coefficient (Wildman–Crippen LogP) is 2.71. The first-order valence-corrected chi connectivity index (χ1v) is 8.03. The van der Waals surface area contributed by atoms with Crippen LogP contribution in [0.25, 0.3) is 0 Å². The van der Waals surface area contributed by atoms with E-state index in [1.165, 1.54) is 25.3 Å². The maximum Gasteiger partial charge on any atom is 0.127 e. The number of likely N-dealkylation sites (tertiary alicyclic amines) is 1. The van der Waals surface area contributed by atoms with Gasteiger partial charge in [-0.15, -0.1) is 0 Å². The number of aliphatic hydroxyl groups excluding tert-OH is 1. The second kappa shape index (κ2) is 8.47. The number of nitrogens with one attached hydrogen (secondary N) is 1. The number of hydrogen-bond acceptors (Lipinski definition) is 3. The molecule has 1 heterocycles. The van der Waals surface area contributed by atoms with Crippen LogP contribution < -0.4 is 5.32 Å². The highest BCUT2D eigenvalue weighted by Gasteiger charge is 2.22. The van der Waals surface area contributed by atoms with Gasteiger partial charge in [0, 0.05) is 24.2 Å². The summed E-state index contributed by atoms with van der Waals surface area (Å²) < 4.78 is 13.9. The van der Waals surface area contributed by atoms with Gasteiger partial charge in [0.2, 0.25) is 0 Å². The third-order valence-electron chi connectivity index (χ3n) is 4.54. The van der Waals surface area contributed by atoms with Crippen molar-refractivity contribution in [2.24, 2.45) is 0 Å². The van der Waals surface area contributed by atoms with E-state index in [-0.39, 0.29) is 24.5 Å². The van der Waals surface area contributed by atoms with Gasteiger partial charge in [-0.1, -0.05) is 31.0 Å². The molecule has 2 rings (SSSR count). The van der Waals surface area contributed by atoms with Gasteiger partial charge in [-0.3, -0.25) is 4.90 Å². The molecule has 118 valence electrons. The second-order valence-corrected chi connectivity index (χ2v) is 5.87. The maximum absolute atomic E-state index is 13.9. The van der Waals surface area contributed by atoms with Crippen LogP contribution in [0.4, 0.5) is 4.39 Å². The smallest absolute Gasteiger partial charge is 0.127 e. The highest BCUT2D eigenvalue weighted by Crippen LogP contribution is 2.22. The van der Waals surface area contributed by atoms with Gasteiger partial charge in [-0.25, -0.2) is 4.39 Å². The van der Waals surface area contributed by atoms with Gasteiger partial charge in [0.15, 0.2) is 0 Å². The lowest BCUT2D eigenvalue weighted by atomic mass is 10.0. The molecule has 0 aromatic heterocycles. The molecule has 1 fully saturated rings. The molecule has 2 N–H and O–H groups in total. The molecule has 0 saturated carbocycles. The average Bonchev–Trinajstić information content (AvgIpc) is 2.74. The second-order valence-electron chi connectivity index (χ2n) is 5.87. The van der Waals surface area contributed by atoms with Crippen molar-refractivity contribution >= 4 is 0 Å². The summed E-state index contributed by atoms with van der Waals surface area (Å²) in [6.45, 7) is 2.16. The fourth-order valence-corrected chi connectivity index (χ4v) is 3.25. The number of aliphatic hydroxyl groups is 1. The van der Waals surface area contributed by atoms with E-state index in [0.717, 1.165) is 31.5 Å². The number of rotatable bonds is 6. The summed E-state index contributed by atoms with van der Waals surface area (Å²) in [7, 11) is 1.88. The Morgan fingerprint density at radius 3 is 2.86 bits per heavy atom. The molecule has 1 aliphatic heterocycles. The number of nitrogens with zero attached hydrogens (tertiary/aromatic N) is 1. The van der Waals surface area contributed by atoms with E-state index in [1.54, 1.807) is 6.07 Å². The molecule has 3 nitrogen and oxygen atoms in total. The zero-order valence-corrected chi connectivity index (χ0v) is 12.9. The summed E-state index contributed by atoms with van der Waals surface area (Å²) in [5, 5.41) is 12.8. The van der Waals surface area contributed by atoms with Gasteiger partial charge in [0.25, 0.3) is 0 Å². The van der Waals surface area contributed by atoms with Crippen LogP contribution in [0.1, 0.15) is 43.7 Å². The molecule has 21 heavy (non-hydrogen) atoms. The first-order chi connectivity index (χ1) is 10.3. The lowest BCUT2D eigenvalue weighted by Gasteiger charge is -2.30. The van der Waals surface area contributed by atoms with E-state index in [1.807, 2.05) is 19.2 Å². The van der Waals surface area contributed by atoms with E-state index in [9.17, 15) is 9.50 Å². The molecule has 0 amide bonds. The van der Waals surface area contributed by atoms with Crippen LogP contribution in [0.3, 0.4) is 0 Å². The third-order valence-corrected chi connectivity index (χ3v) is 4.54. The van der Waals surface area contributed by atoms with E-state index < -0.39 is 0 Å². The Hall–Kier alpha value is -0.970. The Bertz CT molecular complexity index is 427. The minimum Gasteiger partial charge on any atom is -0.395 e. The normalized spacial score (nSPS) is 22.0. The van der Waals surface area contributed by atoms with E-state index in [2.05, 4.69) is 10.2 Å². The first-order valence-electron chi connectivity index (χ1n) is 8.03. The molecule has 0 bridgehead atoms. The van der Waals surface area contributed by atoms with Crippen LogP contribution in [0.15, 0.2) is 24.3 Å². The fraction of sp³-hybridized carbons (Fsp3) is 0.647. The maximum atomic E-state index is 13.9. The Balaban J connectivity index is 1.97. The predicted molar refractivity (Wildman–Crippen MR) is 83.7 cm³/mol. The van der Waals surface area contributed by atoms with E-state index in [4.69, 9.17) is 0 Å². The lowest BCUT2D eigenvalue weighted by Crippen LogP contribution is -2.39. The molecule has 0 spiro atoms. The van der Waals surface area contributed by atoms with Crippen molar-refractivity contribution in [1.82, 2.24) is 10.2 Å². The summed E-state index contributed by atoms with van der Waals surface area (Å²) in [6.07, 6.45) is 5.56. The molecule has 1 saturated heterocycles. The van der Waals surface area contributed by atoms with Crippen LogP contribution in [0.5, 0.6) is 0 Å². The molecule has 1 aliphatic rings. The Kier molecular flexibility index (Phi) is 6.61. The average molecular weight is 294 g/mol. The fourth-order valence-electron chi connectivity index (χ4n) is 3.25. The van der Waals surface area contributed by atoms with Crippen LogP contribution in [-0.2, 0) is 0 Å². The summed E-state index contributed by atoms with van der Waals surface area (Å²) in [5.74, 6) is -0.147. The Labute approximate surface area is 127 Å². The number of hydrogen-bond donors (Lipinski definition) is 2. The topological polar surface area (TPSA) is 35.5 Å². The van der Waals surface area contributed by atoms with Gasteiger partial charge in [-0.2, -0.15) is 0 Å². The van der Waals surface area contributed by atoms with Crippen molar-refractivity contribution in [3.05, 3.63) is 35.6 Å². The van der Waals surface area contributed by atoms with Crippen molar-refractivity contribution in [1.29, 1.82) is 0 Å². The van der Waals surface area contributed by atoms with E-state index >= 15 is 0 Å². The molecule has 2 unspecified atom stereocenters. The van der Waals surface area contributed by atoms with Crippen molar-refractivity contribution in [2.75, 3.05) is 26.7 Å². The van der Waals surface area contributed by atoms with Gasteiger partial charge >= 0.3 is 0 Å². The molecule has 0 radical (unpaired) electrons. The third kappa shape index (κ3) is 4.50. The highest BCUT2D eigenvalue weighted by atomic mass is 19.1. The summed E-state index contributed by atoms with van der Waals surface area (Å²) in [5.41, 5.74) is 0.732. The Morgan fingerprint density at radius 2 is 2.14 bits per heavy atom.